The highest BCUT2D eigenvalue weighted by atomic mass is 16.6. The van der Waals surface area contributed by atoms with Crippen molar-refractivity contribution < 1.29 is 14.3 Å². The van der Waals surface area contributed by atoms with E-state index < -0.39 is 0 Å². The summed E-state index contributed by atoms with van der Waals surface area (Å²) in [7, 11) is 0. The molecular formula is C10H13NO3. The first-order valence-electron chi connectivity index (χ1n) is 4.75. The van der Waals surface area contributed by atoms with Gasteiger partial charge >= 0.3 is 0 Å². The molecule has 2 aliphatic heterocycles. The average Bonchev–Trinajstić information content (AvgIpc) is 2.91. The third-order valence-electron chi connectivity index (χ3n) is 2.65. The molecule has 2 unspecified atom stereocenters. The van der Waals surface area contributed by atoms with Gasteiger partial charge in [-0.15, -0.1) is 0 Å². The Morgan fingerprint density at radius 1 is 1.64 bits per heavy atom. The highest BCUT2D eigenvalue weighted by molar-refractivity contribution is 6.15. The van der Waals surface area contributed by atoms with Crippen molar-refractivity contribution in [2.45, 2.75) is 20.0 Å². The van der Waals surface area contributed by atoms with Crippen molar-refractivity contribution in [1.82, 2.24) is 4.90 Å². The SMILES string of the molecule is CC1=CC(=O)N(CC(C)C2CO2)C1=O. The Bertz CT molecular complexity index is 317. The molecule has 2 atom stereocenters. The fourth-order valence-electron chi connectivity index (χ4n) is 1.60. The van der Waals surface area contributed by atoms with E-state index in [1.54, 1.807) is 6.92 Å². The zero-order valence-electron chi connectivity index (χ0n) is 8.32. The summed E-state index contributed by atoms with van der Waals surface area (Å²) in [5.41, 5.74) is 0.527. The van der Waals surface area contributed by atoms with Gasteiger partial charge < -0.3 is 4.74 Å². The van der Waals surface area contributed by atoms with Crippen LogP contribution >= 0.6 is 0 Å². The number of imide groups is 1. The van der Waals surface area contributed by atoms with Gasteiger partial charge in [-0.1, -0.05) is 6.92 Å². The Hall–Kier alpha value is -1.16. The summed E-state index contributed by atoms with van der Waals surface area (Å²) >= 11 is 0. The van der Waals surface area contributed by atoms with Gasteiger partial charge in [0.15, 0.2) is 0 Å². The number of rotatable bonds is 3. The first-order valence-corrected chi connectivity index (χ1v) is 4.75. The topological polar surface area (TPSA) is 49.9 Å². The van der Waals surface area contributed by atoms with Crippen molar-refractivity contribution in [3.63, 3.8) is 0 Å². The lowest BCUT2D eigenvalue weighted by molar-refractivity contribution is -0.137. The van der Waals surface area contributed by atoms with E-state index in [1.807, 2.05) is 6.92 Å². The summed E-state index contributed by atoms with van der Waals surface area (Å²) in [4.78, 5) is 24.1. The van der Waals surface area contributed by atoms with Crippen LogP contribution in [0.4, 0.5) is 0 Å². The molecule has 1 fully saturated rings. The molecule has 2 amide bonds. The summed E-state index contributed by atoms with van der Waals surface area (Å²) in [6.45, 7) is 4.88. The van der Waals surface area contributed by atoms with E-state index in [4.69, 9.17) is 4.74 Å². The van der Waals surface area contributed by atoms with Crippen molar-refractivity contribution in [3.8, 4) is 0 Å². The fourth-order valence-corrected chi connectivity index (χ4v) is 1.60. The maximum atomic E-state index is 11.5. The normalized spacial score (nSPS) is 28.0. The smallest absolute Gasteiger partial charge is 0.256 e. The zero-order chi connectivity index (χ0) is 10.3. The average molecular weight is 195 g/mol. The second kappa shape index (κ2) is 3.20. The molecular weight excluding hydrogens is 182 g/mol. The molecule has 1 saturated heterocycles. The van der Waals surface area contributed by atoms with E-state index in [9.17, 15) is 9.59 Å². The number of epoxide rings is 1. The molecule has 0 bridgehead atoms. The van der Waals surface area contributed by atoms with Gasteiger partial charge in [-0.05, 0) is 6.92 Å². The first-order chi connectivity index (χ1) is 6.59. The number of hydrogen-bond donors (Lipinski definition) is 0. The Labute approximate surface area is 82.5 Å². The van der Waals surface area contributed by atoms with Crippen molar-refractivity contribution in [2.75, 3.05) is 13.2 Å². The van der Waals surface area contributed by atoms with Gasteiger partial charge in [0.2, 0.25) is 0 Å². The Kier molecular flexibility index (Phi) is 2.15. The summed E-state index contributed by atoms with van der Waals surface area (Å²) < 4.78 is 5.11. The van der Waals surface area contributed by atoms with Crippen LogP contribution in [0.3, 0.4) is 0 Å². The largest absolute Gasteiger partial charge is 0.373 e. The van der Waals surface area contributed by atoms with E-state index in [0.717, 1.165) is 6.61 Å². The highest BCUT2D eigenvalue weighted by Gasteiger charge is 2.35. The molecule has 2 rings (SSSR count). The number of ether oxygens (including phenoxy) is 1. The second-order valence-electron chi connectivity index (χ2n) is 3.93. The quantitative estimate of drug-likeness (QED) is 0.482. The summed E-state index contributed by atoms with van der Waals surface area (Å²) in [5.74, 6) is -0.121. The van der Waals surface area contributed by atoms with Crippen LogP contribution in [0.2, 0.25) is 0 Å². The van der Waals surface area contributed by atoms with E-state index in [1.165, 1.54) is 11.0 Å². The summed E-state index contributed by atoms with van der Waals surface area (Å²) in [6, 6.07) is 0. The lowest BCUT2D eigenvalue weighted by Crippen LogP contribution is -2.36. The predicted octanol–water partition coefficient (Wildman–Crippen LogP) is 0.336. The van der Waals surface area contributed by atoms with E-state index >= 15 is 0 Å². The molecule has 4 nitrogen and oxygen atoms in total. The molecule has 2 heterocycles. The predicted molar refractivity (Wildman–Crippen MR) is 49.4 cm³/mol. The van der Waals surface area contributed by atoms with Crippen LogP contribution in [0.25, 0.3) is 0 Å². The number of carbonyl (C=O) groups is 2. The number of carbonyl (C=O) groups excluding carboxylic acids is 2. The molecule has 0 aromatic heterocycles. The third kappa shape index (κ3) is 1.57. The van der Waals surface area contributed by atoms with Gasteiger partial charge in [0.25, 0.3) is 11.8 Å². The molecule has 14 heavy (non-hydrogen) atoms. The van der Waals surface area contributed by atoms with Crippen LogP contribution in [0.5, 0.6) is 0 Å². The van der Waals surface area contributed by atoms with E-state index in [-0.39, 0.29) is 23.8 Å². The van der Waals surface area contributed by atoms with Crippen LogP contribution in [0.15, 0.2) is 11.6 Å². The van der Waals surface area contributed by atoms with Crippen molar-refractivity contribution in [2.24, 2.45) is 5.92 Å². The van der Waals surface area contributed by atoms with Crippen molar-refractivity contribution in [3.05, 3.63) is 11.6 Å². The zero-order valence-corrected chi connectivity index (χ0v) is 8.32. The van der Waals surface area contributed by atoms with E-state index in [0.29, 0.717) is 12.1 Å². The Morgan fingerprint density at radius 3 is 2.71 bits per heavy atom. The summed E-state index contributed by atoms with van der Waals surface area (Å²) in [6.07, 6.45) is 1.62. The molecule has 0 aliphatic carbocycles. The minimum atomic E-state index is -0.194. The molecule has 0 N–H and O–H groups in total. The maximum absolute atomic E-state index is 11.5. The maximum Gasteiger partial charge on any atom is 0.256 e. The van der Waals surface area contributed by atoms with Gasteiger partial charge in [0, 0.05) is 24.1 Å². The Balaban J connectivity index is 1.98. The molecule has 0 aromatic carbocycles. The van der Waals surface area contributed by atoms with Gasteiger partial charge in [0.1, 0.15) is 0 Å². The molecule has 0 spiro atoms. The van der Waals surface area contributed by atoms with Crippen molar-refractivity contribution in [1.29, 1.82) is 0 Å². The molecule has 76 valence electrons. The monoisotopic (exact) mass is 195 g/mol. The van der Waals surface area contributed by atoms with Crippen LogP contribution in [0, 0.1) is 5.92 Å². The van der Waals surface area contributed by atoms with Gasteiger partial charge in [-0.25, -0.2) is 0 Å². The minimum Gasteiger partial charge on any atom is -0.373 e. The van der Waals surface area contributed by atoms with E-state index in [2.05, 4.69) is 0 Å². The van der Waals surface area contributed by atoms with Gasteiger partial charge in [-0.2, -0.15) is 0 Å². The molecule has 2 aliphatic rings. The molecule has 0 radical (unpaired) electrons. The fraction of sp³-hybridized carbons (Fsp3) is 0.600. The standard InChI is InChI=1S/C10H13NO3/c1-6-3-9(12)11(10(6)13)4-7(2)8-5-14-8/h3,7-8H,4-5H2,1-2H3. The summed E-state index contributed by atoms with van der Waals surface area (Å²) in [5, 5.41) is 0. The van der Waals surface area contributed by atoms with Crippen LogP contribution < -0.4 is 0 Å². The van der Waals surface area contributed by atoms with Crippen LogP contribution in [-0.4, -0.2) is 36.0 Å². The molecule has 0 saturated carbocycles. The van der Waals surface area contributed by atoms with Crippen LogP contribution in [0.1, 0.15) is 13.8 Å². The molecule has 4 heteroatoms. The second-order valence-corrected chi connectivity index (χ2v) is 3.93. The van der Waals surface area contributed by atoms with Crippen LogP contribution in [-0.2, 0) is 14.3 Å². The first kappa shape index (κ1) is 9.40. The van der Waals surface area contributed by atoms with Gasteiger partial charge in [0.05, 0.1) is 12.7 Å². The number of hydrogen-bond acceptors (Lipinski definition) is 3. The minimum absolute atomic E-state index is 0.164. The number of nitrogens with zero attached hydrogens (tertiary/aromatic N) is 1. The van der Waals surface area contributed by atoms with Gasteiger partial charge in [-0.3, -0.25) is 14.5 Å². The third-order valence-corrected chi connectivity index (χ3v) is 2.65. The van der Waals surface area contributed by atoms with Crippen molar-refractivity contribution >= 4 is 11.8 Å². The lowest BCUT2D eigenvalue weighted by atomic mass is 10.1. The highest BCUT2D eigenvalue weighted by Crippen LogP contribution is 2.22. The lowest BCUT2D eigenvalue weighted by Gasteiger charge is -2.17. The Morgan fingerprint density at radius 2 is 2.29 bits per heavy atom. The number of amides is 2. The molecule has 0 aromatic rings.